The summed E-state index contributed by atoms with van der Waals surface area (Å²) in [5, 5.41) is 14.0. The Kier molecular flexibility index (Phi) is 4.45. The van der Waals surface area contributed by atoms with Crippen molar-refractivity contribution in [2.45, 2.75) is 38.3 Å². The van der Waals surface area contributed by atoms with Gasteiger partial charge in [0.05, 0.1) is 23.4 Å². The number of fused-ring (bicyclic) bond motifs is 1. The Morgan fingerprint density at radius 2 is 2.09 bits per heavy atom. The largest absolute Gasteiger partial charge is 0.493 e. The number of halogens is 1. The lowest BCUT2D eigenvalue weighted by Gasteiger charge is -2.33. The zero-order valence-electron chi connectivity index (χ0n) is 12.6. The first kappa shape index (κ1) is 15.4. The van der Waals surface area contributed by atoms with Crippen LogP contribution in [0.4, 0.5) is 5.69 Å². The zero-order valence-corrected chi connectivity index (χ0v) is 13.4. The number of piperidine rings is 1. The molecule has 2 heterocycles. The Balaban J connectivity index is 1.70. The average Bonchev–Trinajstić information content (AvgIpc) is 2.50. The maximum absolute atomic E-state index is 11.4. The van der Waals surface area contributed by atoms with E-state index in [2.05, 4.69) is 5.32 Å². The lowest BCUT2D eigenvalue weighted by Crippen LogP contribution is -2.41. The van der Waals surface area contributed by atoms with Gasteiger partial charge in [0.1, 0.15) is 5.75 Å². The second kappa shape index (κ2) is 6.34. The van der Waals surface area contributed by atoms with Crippen LogP contribution in [0.15, 0.2) is 12.1 Å². The topological polar surface area (TPSA) is 61.8 Å². The van der Waals surface area contributed by atoms with Crippen LogP contribution < -0.4 is 10.1 Å². The number of hydrogen-bond donors (Lipinski definition) is 2. The van der Waals surface area contributed by atoms with Gasteiger partial charge in [0, 0.05) is 44.1 Å². The highest BCUT2D eigenvalue weighted by molar-refractivity contribution is 6.33. The summed E-state index contributed by atoms with van der Waals surface area (Å²) in [5.74, 6) is 0.833. The number of benzene rings is 1. The minimum Gasteiger partial charge on any atom is -0.493 e. The summed E-state index contributed by atoms with van der Waals surface area (Å²) in [6.07, 6.45) is 1.89. The summed E-state index contributed by atoms with van der Waals surface area (Å²) in [6, 6.07) is 3.95. The van der Waals surface area contributed by atoms with E-state index in [-0.39, 0.29) is 5.91 Å². The Morgan fingerprint density at radius 3 is 2.77 bits per heavy atom. The van der Waals surface area contributed by atoms with E-state index >= 15 is 0 Å². The first-order chi connectivity index (χ1) is 10.5. The molecule has 120 valence electrons. The molecule has 2 aliphatic heterocycles. The minimum atomic E-state index is -0.505. The molecule has 5 nitrogen and oxygen atoms in total. The van der Waals surface area contributed by atoms with E-state index in [1.54, 1.807) is 13.0 Å². The van der Waals surface area contributed by atoms with Crippen LogP contribution in [-0.2, 0) is 4.79 Å². The lowest BCUT2D eigenvalue weighted by molar-refractivity contribution is -0.129. The number of nitrogens with zero attached hydrogens (tertiary/aromatic N) is 1. The number of carbonyl (C=O) groups excluding carboxylic acids is 1. The van der Waals surface area contributed by atoms with Crippen molar-refractivity contribution in [3.05, 3.63) is 22.7 Å². The van der Waals surface area contributed by atoms with E-state index in [9.17, 15) is 9.90 Å². The second-order valence-electron chi connectivity index (χ2n) is 5.95. The fourth-order valence-electron chi connectivity index (χ4n) is 3.06. The molecule has 22 heavy (non-hydrogen) atoms. The molecular weight excluding hydrogens is 304 g/mol. The molecule has 1 amide bonds. The highest BCUT2D eigenvalue weighted by atomic mass is 35.5. The molecule has 0 saturated carbocycles. The van der Waals surface area contributed by atoms with Crippen molar-refractivity contribution in [3.63, 3.8) is 0 Å². The van der Waals surface area contributed by atoms with Crippen LogP contribution in [0.2, 0.25) is 5.02 Å². The normalized spacial score (nSPS) is 22.0. The summed E-state index contributed by atoms with van der Waals surface area (Å²) < 4.78 is 5.62. The van der Waals surface area contributed by atoms with E-state index in [1.807, 2.05) is 11.0 Å². The highest BCUT2D eigenvalue weighted by Gasteiger charge is 2.24. The molecule has 1 unspecified atom stereocenters. The fraction of sp³-hybridized carbons (Fsp3) is 0.562. The average molecular weight is 325 g/mol. The van der Waals surface area contributed by atoms with E-state index in [0.717, 1.165) is 37.2 Å². The highest BCUT2D eigenvalue weighted by Crippen LogP contribution is 2.38. The molecule has 6 heteroatoms. The number of ether oxygens (including phenoxy) is 1. The summed E-state index contributed by atoms with van der Waals surface area (Å²) in [7, 11) is 0. The molecular formula is C16H21ClN2O3. The molecule has 0 aliphatic carbocycles. The molecule has 2 N–H and O–H groups in total. The lowest BCUT2D eigenvalue weighted by atomic mass is 10.0. The number of aliphatic hydroxyl groups excluding tert-OH is 1. The van der Waals surface area contributed by atoms with Crippen LogP contribution in [0, 0.1) is 0 Å². The number of nitrogens with one attached hydrogen (secondary N) is 1. The van der Waals surface area contributed by atoms with Crippen LogP contribution in [0.1, 0.15) is 37.9 Å². The number of rotatable bonds is 2. The van der Waals surface area contributed by atoms with E-state index < -0.39 is 6.10 Å². The molecule has 0 radical (unpaired) electrons. The SMILES string of the molecule is CC(=O)N1CCC(Nc2cc3c(cc2Cl)C(O)CCO3)CC1. The molecule has 3 rings (SSSR count). The minimum absolute atomic E-state index is 0.132. The van der Waals surface area contributed by atoms with Gasteiger partial charge < -0.3 is 20.1 Å². The van der Waals surface area contributed by atoms with Crippen molar-refractivity contribution >= 4 is 23.2 Å². The molecule has 1 fully saturated rings. The molecule has 1 saturated heterocycles. The van der Waals surface area contributed by atoms with Gasteiger partial charge >= 0.3 is 0 Å². The molecule has 1 atom stereocenters. The van der Waals surface area contributed by atoms with Gasteiger partial charge in [-0.25, -0.2) is 0 Å². The van der Waals surface area contributed by atoms with E-state index in [0.29, 0.717) is 29.8 Å². The number of hydrogen-bond acceptors (Lipinski definition) is 4. The Morgan fingerprint density at radius 1 is 1.36 bits per heavy atom. The van der Waals surface area contributed by atoms with Gasteiger partial charge in [-0.15, -0.1) is 0 Å². The number of carbonyl (C=O) groups is 1. The van der Waals surface area contributed by atoms with Gasteiger partial charge in [0.15, 0.2) is 0 Å². The number of likely N-dealkylation sites (tertiary alicyclic amines) is 1. The van der Waals surface area contributed by atoms with E-state index in [1.165, 1.54) is 0 Å². The Labute approximate surface area is 135 Å². The van der Waals surface area contributed by atoms with Crippen molar-refractivity contribution < 1.29 is 14.6 Å². The number of aliphatic hydroxyl groups is 1. The van der Waals surface area contributed by atoms with Crippen LogP contribution >= 0.6 is 11.6 Å². The van der Waals surface area contributed by atoms with Crippen molar-refractivity contribution in [3.8, 4) is 5.75 Å². The van der Waals surface area contributed by atoms with Gasteiger partial charge in [-0.3, -0.25) is 4.79 Å². The van der Waals surface area contributed by atoms with Gasteiger partial charge in [-0.2, -0.15) is 0 Å². The van der Waals surface area contributed by atoms with Gasteiger partial charge in [0.2, 0.25) is 5.91 Å². The molecule has 1 aromatic carbocycles. The number of amides is 1. The maximum Gasteiger partial charge on any atom is 0.219 e. The third kappa shape index (κ3) is 3.15. The third-order valence-corrected chi connectivity index (χ3v) is 4.72. The monoisotopic (exact) mass is 324 g/mol. The Hall–Kier alpha value is -1.46. The van der Waals surface area contributed by atoms with Crippen molar-refractivity contribution in [2.75, 3.05) is 25.0 Å². The van der Waals surface area contributed by atoms with Gasteiger partial charge in [-0.1, -0.05) is 11.6 Å². The predicted octanol–water partition coefficient (Wildman–Crippen LogP) is 2.58. The van der Waals surface area contributed by atoms with Crippen molar-refractivity contribution in [1.82, 2.24) is 4.90 Å². The standard InChI is InChI=1S/C16H21ClN2O3/c1-10(20)19-5-2-11(3-6-19)18-14-9-16-12(8-13(14)17)15(21)4-7-22-16/h8-9,11,15,18,21H,2-7H2,1H3. The molecule has 2 aliphatic rings. The summed E-state index contributed by atoms with van der Waals surface area (Å²) in [6.45, 7) is 3.67. The van der Waals surface area contributed by atoms with Gasteiger partial charge in [-0.05, 0) is 18.9 Å². The van der Waals surface area contributed by atoms with E-state index in [4.69, 9.17) is 16.3 Å². The number of anilines is 1. The van der Waals surface area contributed by atoms with Crippen LogP contribution in [0.3, 0.4) is 0 Å². The van der Waals surface area contributed by atoms with Gasteiger partial charge in [0.25, 0.3) is 0 Å². The van der Waals surface area contributed by atoms with Crippen molar-refractivity contribution in [1.29, 1.82) is 0 Å². The molecule has 0 spiro atoms. The van der Waals surface area contributed by atoms with Crippen LogP contribution in [0.25, 0.3) is 0 Å². The maximum atomic E-state index is 11.4. The predicted molar refractivity (Wildman–Crippen MR) is 85.4 cm³/mol. The summed E-state index contributed by atoms with van der Waals surface area (Å²) in [5.41, 5.74) is 1.59. The first-order valence-electron chi connectivity index (χ1n) is 7.71. The van der Waals surface area contributed by atoms with Crippen LogP contribution in [-0.4, -0.2) is 41.7 Å². The summed E-state index contributed by atoms with van der Waals surface area (Å²) >= 11 is 6.33. The third-order valence-electron chi connectivity index (χ3n) is 4.41. The second-order valence-corrected chi connectivity index (χ2v) is 6.35. The quantitative estimate of drug-likeness (QED) is 0.877. The fourth-order valence-corrected chi connectivity index (χ4v) is 3.29. The molecule has 0 aromatic heterocycles. The van der Waals surface area contributed by atoms with Crippen molar-refractivity contribution in [2.24, 2.45) is 0 Å². The van der Waals surface area contributed by atoms with Crippen LogP contribution in [0.5, 0.6) is 5.75 Å². The summed E-state index contributed by atoms with van der Waals surface area (Å²) in [4.78, 5) is 13.2. The first-order valence-corrected chi connectivity index (χ1v) is 8.08. The smallest absolute Gasteiger partial charge is 0.219 e. The zero-order chi connectivity index (χ0) is 15.7. The molecule has 0 bridgehead atoms. The molecule has 1 aromatic rings. The Bertz CT molecular complexity index is 571.